The van der Waals surface area contributed by atoms with Crippen LogP contribution in [0.3, 0.4) is 0 Å². The molecule has 1 fully saturated rings. The van der Waals surface area contributed by atoms with Crippen LogP contribution in [0, 0.1) is 0 Å². The third-order valence-corrected chi connectivity index (χ3v) is 7.45. The predicted molar refractivity (Wildman–Crippen MR) is 120 cm³/mol. The monoisotopic (exact) mass is 469 g/mol. The van der Waals surface area contributed by atoms with Gasteiger partial charge in [-0.2, -0.15) is 0 Å². The molecular formula is C22H25Cl2NO4S. The molecule has 1 aliphatic rings. The van der Waals surface area contributed by atoms with E-state index in [2.05, 4.69) is 6.92 Å². The van der Waals surface area contributed by atoms with E-state index in [1.165, 1.54) is 0 Å². The fourth-order valence-corrected chi connectivity index (χ4v) is 5.64. The Bertz CT molecular complexity index is 1010. The molecule has 1 heterocycles. The molecule has 0 aliphatic carbocycles. The number of benzene rings is 2. The molecule has 0 bridgehead atoms. The molecule has 5 nitrogen and oxygen atoms in total. The van der Waals surface area contributed by atoms with Crippen LogP contribution in [-0.4, -0.2) is 43.4 Å². The summed E-state index contributed by atoms with van der Waals surface area (Å²) in [6.07, 6.45) is 2.36. The van der Waals surface area contributed by atoms with Crippen molar-refractivity contribution in [1.82, 2.24) is 4.90 Å². The fraction of sp³-hybridized carbons (Fsp3) is 0.409. The van der Waals surface area contributed by atoms with E-state index < -0.39 is 15.9 Å². The lowest BCUT2D eigenvalue weighted by Gasteiger charge is -2.29. The minimum atomic E-state index is -3.16. The molecule has 1 aliphatic heterocycles. The number of hydrogen-bond acceptors (Lipinski definition) is 4. The Kier molecular flexibility index (Phi) is 7.66. The summed E-state index contributed by atoms with van der Waals surface area (Å²) in [5, 5.41) is 0.944. The SMILES string of the molecule is CCCCOc1cccc(C(=O)N(Cc2ccc(Cl)cc2Cl)C2CCS(=O)(=O)C2)c1. The van der Waals surface area contributed by atoms with Crippen molar-refractivity contribution >= 4 is 38.9 Å². The van der Waals surface area contributed by atoms with Gasteiger partial charge in [0.05, 0.1) is 18.1 Å². The standard InChI is InChI=1S/C22H25Cl2NO4S/c1-2-3-10-29-20-6-4-5-16(12-20)22(26)25(19-9-11-30(27,28)15-19)14-17-7-8-18(23)13-21(17)24/h4-8,12-13,19H,2-3,9-11,14-15H2,1H3. The molecule has 2 aromatic rings. The molecule has 1 atom stereocenters. The number of hydrogen-bond donors (Lipinski definition) is 0. The summed E-state index contributed by atoms with van der Waals surface area (Å²) in [6.45, 7) is 2.87. The number of unbranched alkanes of at least 4 members (excludes halogenated alkanes) is 1. The Morgan fingerprint density at radius 1 is 1.20 bits per heavy atom. The van der Waals surface area contributed by atoms with Crippen LogP contribution in [0.5, 0.6) is 5.75 Å². The maximum absolute atomic E-state index is 13.4. The largest absolute Gasteiger partial charge is 0.494 e. The summed E-state index contributed by atoms with van der Waals surface area (Å²) in [6, 6.07) is 11.7. The molecule has 0 saturated carbocycles. The Morgan fingerprint density at radius 2 is 2.00 bits per heavy atom. The van der Waals surface area contributed by atoms with Gasteiger partial charge in [0.1, 0.15) is 5.75 Å². The molecular weight excluding hydrogens is 445 g/mol. The molecule has 162 valence electrons. The third kappa shape index (κ3) is 5.90. The number of rotatable bonds is 8. The maximum Gasteiger partial charge on any atom is 0.254 e. The Balaban J connectivity index is 1.87. The van der Waals surface area contributed by atoms with Crippen molar-refractivity contribution in [3.63, 3.8) is 0 Å². The van der Waals surface area contributed by atoms with Crippen molar-refractivity contribution in [1.29, 1.82) is 0 Å². The van der Waals surface area contributed by atoms with Crippen molar-refractivity contribution in [2.24, 2.45) is 0 Å². The number of ether oxygens (including phenoxy) is 1. The van der Waals surface area contributed by atoms with E-state index >= 15 is 0 Å². The number of carbonyl (C=O) groups is 1. The molecule has 2 aromatic carbocycles. The van der Waals surface area contributed by atoms with Crippen molar-refractivity contribution < 1.29 is 17.9 Å². The Morgan fingerprint density at radius 3 is 2.67 bits per heavy atom. The quantitative estimate of drug-likeness (QED) is 0.510. The number of carbonyl (C=O) groups excluding carboxylic acids is 1. The number of sulfone groups is 1. The van der Waals surface area contributed by atoms with Gasteiger partial charge >= 0.3 is 0 Å². The predicted octanol–water partition coefficient (Wildman–Crippen LogP) is 5.00. The highest BCUT2D eigenvalue weighted by Crippen LogP contribution is 2.27. The van der Waals surface area contributed by atoms with Gasteiger partial charge in [-0.15, -0.1) is 0 Å². The molecule has 8 heteroatoms. The van der Waals surface area contributed by atoms with Gasteiger partial charge < -0.3 is 9.64 Å². The molecule has 1 amide bonds. The van der Waals surface area contributed by atoms with Gasteiger partial charge in [0, 0.05) is 28.2 Å². The fourth-order valence-electron chi connectivity index (χ4n) is 3.44. The lowest BCUT2D eigenvalue weighted by atomic mass is 10.1. The minimum Gasteiger partial charge on any atom is -0.494 e. The van der Waals surface area contributed by atoms with Crippen molar-refractivity contribution in [2.75, 3.05) is 18.1 Å². The van der Waals surface area contributed by atoms with Gasteiger partial charge in [0.25, 0.3) is 5.91 Å². The topological polar surface area (TPSA) is 63.7 Å². The normalized spacial score (nSPS) is 17.6. The molecule has 0 radical (unpaired) electrons. The van der Waals surface area contributed by atoms with Crippen molar-refractivity contribution in [2.45, 2.75) is 38.8 Å². The first-order valence-electron chi connectivity index (χ1n) is 9.97. The van der Waals surface area contributed by atoms with E-state index in [1.807, 2.05) is 6.07 Å². The first-order valence-corrected chi connectivity index (χ1v) is 12.5. The van der Waals surface area contributed by atoms with E-state index in [0.717, 1.165) is 12.8 Å². The van der Waals surface area contributed by atoms with E-state index in [-0.39, 0.29) is 24.0 Å². The summed E-state index contributed by atoms with van der Waals surface area (Å²) < 4.78 is 29.9. The molecule has 0 spiro atoms. The lowest BCUT2D eigenvalue weighted by molar-refractivity contribution is 0.0680. The Labute approximate surface area is 187 Å². The second-order valence-corrected chi connectivity index (χ2v) is 10.5. The van der Waals surface area contributed by atoms with Crippen LogP contribution in [0.4, 0.5) is 0 Å². The van der Waals surface area contributed by atoms with Gasteiger partial charge in [0.2, 0.25) is 0 Å². The van der Waals surface area contributed by atoms with Crippen LogP contribution < -0.4 is 4.74 Å². The summed E-state index contributed by atoms with van der Waals surface area (Å²) in [4.78, 5) is 15.0. The van der Waals surface area contributed by atoms with Crippen LogP contribution in [0.25, 0.3) is 0 Å². The molecule has 1 saturated heterocycles. The van der Waals surface area contributed by atoms with E-state index in [0.29, 0.717) is 39.9 Å². The zero-order valence-electron chi connectivity index (χ0n) is 16.8. The summed E-state index contributed by atoms with van der Waals surface area (Å²) >= 11 is 12.3. The van der Waals surface area contributed by atoms with E-state index in [4.69, 9.17) is 27.9 Å². The van der Waals surface area contributed by atoms with Crippen LogP contribution in [0.15, 0.2) is 42.5 Å². The second-order valence-electron chi connectivity index (χ2n) is 7.46. The average molecular weight is 470 g/mol. The summed E-state index contributed by atoms with van der Waals surface area (Å²) in [5.74, 6) is 0.411. The van der Waals surface area contributed by atoms with Crippen LogP contribution in [0.2, 0.25) is 10.0 Å². The summed E-state index contributed by atoms with van der Waals surface area (Å²) in [5.41, 5.74) is 1.17. The Hall–Kier alpha value is -1.76. The van der Waals surface area contributed by atoms with Crippen LogP contribution in [-0.2, 0) is 16.4 Å². The van der Waals surface area contributed by atoms with Crippen LogP contribution >= 0.6 is 23.2 Å². The highest BCUT2D eigenvalue weighted by atomic mass is 35.5. The molecule has 3 rings (SSSR count). The van der Waals surface area contributed by atoms with E-state index in [9.17, 15) is 13.2 Å². The van der Waals surface area contributed by atoms with Gasteiger partial charge in [-0.25, -0.2) is 8.42 Å². The second kappa shape index (κ2) is 10.0. The van der Waals surface area contributed by atoms with Crippen LogP contribution in [0.1, 0.15) is 42.1 Å². The smallest absolute Gasteiger partial charge is 0.254 e. The highest BCUT2D eigenvalue weighted by Gasteiger charge is 2.35. The zero-order chi connectivity index (χ0) is 21.7. The van der Waals surface area contributed by atoms with Gasteiger partial charge in [-0.3, -0.25) is 4.79 Å². The van der Waals surface area contributed by atoms with Gasteiger partial charge in [-0.1, -0.05) is 48.7 Å². The number of amides is 1. The first kappa shape index (κ1) is 22.9. The lowest BCUT2D eigenvalue weighted by Crippen LogP contribution is -2.40. The third-order valence-electron chi connectivity index (χ3n) is 5.11. The van der Waals surface area contributed by atoms with Gasteiger partial charge in [-0.05, 0) is 48.7 Å². The number of halogens is 2. The molecule has 0 aromatic heterocycles. The molecule has 30 heavy (non-hydrogen) atoms. The van der Waals surface area contributed by atoms with E-state index in [1.54, 1.807) is 41.3 Å². The van der Waals surface area contributed by atoms with Crippen molar-refractivity contribution in [3.05, 3.63) is 63.6 Å². The highest BCUT2D eigenvalue weighted by molar-refractivity contribution is 7.91. The van der Waals surface area contributed by atoms with Crippen molar-refractivity contribution in [3.8, 4) is 5.75 Å². The molecule has 1 unspecified atom stereocenters. The maximum atomic E-state index is 13.4. The molecule has 0 N–H and O–H groups in total. The summed E-state index contributed by atoms with van der Waals surface area (Å²) in [7, 11) is -3.16. The minimum absolute atomic E-state index is 0.0450. The number of nitrogens with zero attached hydrogens (tertiary/aromatic N) is 1. The zero-order valence-corrected chi connectivity index (χ0v) is 19.1. The van der Waals surface area contributed by atoms with Gasteiger partial charge in [0.15, 0.2) is 9.84 Å². The average Bonchev–Trinajstić information content (AvgIpc) is 3.07. The first-order chi connectivity index (χ1) is 14.3.